The quantitative estimate of drug-likeness (QED) is 0.542. The van der Waals surface area contributed by atoms with Crippen molar-refractivity contribution in [3.63, 3.8) is 0 Å². The minimum atomic E-state index is -5.05. The fourth-order valence-electron chi connectivity index (χ4n) is 2.10. The smallest absolute Gasteiger partial charge is 0.289 e. The summed E-state index contributed by atoms with van der Waals surface area (Å²) >= 11 is 0. The van der Waals surface area contributed by atoms with E-state index in [4.69, 9.17) is 0 Å². The summed E-state index contributed by atoms with van der Waals surface area (Å²) in [4.78, 5) is 12.2. The average molecular weight is 364 g/mol. The van der Waals surface area contributed by atoms with Crippen LogP contribution < -0.4 is 5.30 Å². The Morgan fingerprint density at radius 1 is 0.833 bits per heavy atom. The standard InChI is InChI=1S/C16H11F6OP/c1-9-5-7-10(8-6-9)24-14(23)13-11(15(17,18)19)3-2-4-12(13)16(20,21)22/h2-8,24H,1H3. The SMILES string of the molecule is Cc1ccc(PC(=O)c2c(C(F)(F)F)cccc2C(F)(F)F)cc1. The predicted molar refractivity (Wildman–Crippen MR) is 79.9 cm³/mol. The summed E-state index contributed by atoms with van der Waals surface area (Å²) in [5.41, 5.74) is -4.79. The molecule has 0 amide bonds. The second-order valence-corrected chi connectivity index (χ2v) is 6.33. The zero-order chi connectivity index (χ0) is 18.1. The first kappa shape index (κ1) is 18.5. The number of aryl methyl sites for hydroxylation is 1. The Morgan fingerprint density at radius 3 is 1.71 bits per heavy atom. The van der Waals surface area contributed by atoms with E-state index in [1.54, 1.807) is 19.1 Å². The topological polar surface area (TPSA) is 17.1 Å². The van der Waals surface area contributed by atoms with Crippen LogP contribution >= 0.6 is 8.58 Å². The summed E-state index contributed by atoms with van der Waals surface area (Å²) in [6.07, 6.45) is -10.1. The molecule has 0 N–H and O–H groups in total. The lowest BCUT2D eigenvalue weighted by Crippen LogP contribution is -2.19. The summed E-state index contributed by atoms with van der Waals surface area (Å²) in [6, 6.07) is 7.91. The molecule has 1 unspecified atom stereocenters. The normalized spacial score (nSPS) is 12.8. The van der Waals surface area contributed by atoms with Gasteiger partial charge in [-0.3, -0.25) is 4.79 Å². The Morgan fingerprint density at radius 2 is 1.29 bits per heavy atom. The van der Waals surface area contributed by atoms with E-state index >= 15 is 0 Å². The van der Waals surface area contributed by atoms with Gasteiger partial charge in [-0.05, 0) is 32.9 Å². The highest BCUT2D eigenvalue weighted by Gasteiger charge is 2.42. The molecule has 0 fully saturated rings. The number of carbonyl (C=O) groups is 1. The van der Waals surface area contributed by atoms with Crippen LogP contribution in [0, 0.1) is 6.92 Å². The van der Waals surface area contributed by atoms with Crippen LogP contribution in [0.25, 0.3) is 0 Å². The second-order valence-electron chi connectivity index (χ2n) is 5.04. The summed E-state index contributed by atoms with van der Waals surface area (Å²) in [5, 5.41) is 0.371. The third-order valence-corrected chi connectivity index (χ3v) is 4.31. The minimum absolute atomic E-state index is 0.371. The van der Waals surface area contributed by atoms with Gasteiger partial charge in [0.1, 0.15) is 0 Å². The van der Waals surface area contributed by atoms with Crippen molar-refractivity contribution in [1.29, 1.82) is 0 Å². The molecule has 0 saturated heterocycles. The van der Waals surface area contributed by atoms with Crippen LogP contribution in [0.3, 0.4) is 0 Å². The van der Waals surface area contributed by atoms with Crippen molar-refractivity contribution < 1.29 is 31.1 Å². The van der Waals surface area contributed by atoms with Crippen LogP contribution in [0.4, 0.5) is 26.3 Å². The average Bonchev–Trinajstić information content (AvgIpc) is 2.47. The lowest BCUT2D eigenvalue weighted by atomic mass is 10.0. The van der Waals surface area contributed by atoms with Crippen LogP contribution in [0.1, 0.15) is 27.0 Å². The molecule has 8 heteroatoms. The Bertz CT molecular complexity index is 714. The van der Waals surface area contributed by atoms with Gasteiger partial charge in [-0.1, -0.05) is 35.9 Å². The Balaban J connectivity index is 2.53. The zero-order valence-corrected chi connectivity index (χ0v) is 13.2. The molecule has 0 radical (unpaired) electrons. The van der Waals surface area contributed by atoms with Crippen molar-refractivity contribution in [2.24, 2.45) is 0 Å². The first-order valence-electron chi connectivity index (χ1n) is 6.65. The lowest BCUT2D eigenvalue weighted by Gasteiger charge is -2.17. The molecule has 2 aromatic rings. The predicted octanol–water partition coefficient (Wildman–Crippen LogP) is 5.18. The number of hydrogen-bond acceptors (Lipinski definition) is 1. The van der Waals surface area contributed by atoms with Gasteiger partial charge < -0.3 is 0 Å². The van der Waals surface area contributed by atoms with Gasteiger partial charge in [-0.15, -0.1) is 0 Å². The fraction of sp³-hybridized carbons (Fsp3) is 0.188. The van der Waals surface area contributed by atoms with E-state index in [0.717, 1.165) is 5.56 Å². The Kier molecular flexibility index (Phi) is 5.04. The molecule has 0 aliphatic heterocycles. The fourth-order valence-corrected chi connectivity index (χ4v) is 3.09. The van der Waals surface area contributed by atoms with E-state index in [0.29, 0.717) is 23.5 Å². The first-order chi connectivity index (χ1) is 11.0. The maximum absolute atomic E-state index is 13.1. The molecule has 2 rings (SSSR count). The molecule has 0 saturated carbocycles. The molecule has 0 heterocycles. The van der Waals surface area contributed by atoms with Crippen molar-refractivity contribution in [3.05, 3.63) is 64.7 Å². The van der Waals surface area contributed by atoms with Crippen molar-refractivity contribution >= 4 is 19.4 Å². The highest BCUT2D eigenvalue weighted by atomic mass is 31.1. The Hall–Kier alpha value is -1.88. The summed E-state index contributed by atoms with van der Waals surface area (Å²) in [7, 11) is -0.836. The largest absolute Gasteiger partial charge is 0.417 e. The van der Waals surface area contributed by atoms with E-state index in [1.807, 2.05) is 0 Å². The molecule has 128 valence electrons. The number of hydrogen-bond donors (Lipinski definition) is 0. The lowest BCUT2D eigenvalue weighted by molar-refractivity contribution is -0.143. The van der Waals surface area contributed by atoms with Gasteiger partial charge in [0.05, 0.1) is 11.1 Å². The van der Waals surface area contributed by atoms with Crippen molar-refractivity contribution in [1.82, 2.24) is 0 Å². The van der Waals surface area contributed by atoms with E-state index in [-0.39, 0.29) is 0 Å². The van der Waals surface area contributed by atoms with Gasteiger partial charge in [-0.2, -0.15) is 26.3 Å². The molecule has 1 atom stereocenters. The minimum Gasteiger partial charge on any atom is -0.289 e. The highest BCUT2D eigenvalue weighted by Crippen LogP contribution is 2.41. The zero-order valence-electron chi connectivity index (χ0n) is 12.2. The van der Waals surface area contributed by atoms with Gasteiger partial charge >= 0.3 is 12.4 Å². The van der Waals surface area contributed by atoms with Crippen LogP contribution in [-0.2, 0) is 12.4 Å². The van der Waals surface area contributed by atoms with Crippen molar-refractivity contribution in [2.75, 3.05) is 0 Å². The first-order valence-corrected chi connectivity index (χ1v) is 7.65. The summed E-state index contributed by atoms with van der Waals surface area (Å²) in [6.45, 7) is 1.77. The molecular weight excluding hydrogens is 353 g/mol. The number of benzene rings is 2. The maximum Gasteiger partial charge on any atom is 0.417 e. The number of carbonyl (C=O) groups excluding carboxylic acids is 1. The number of halogens is 6. The maximum atomic E-state index is 13.1. The molecule has 1 nitrogen and oxygen atoms in total. The van der Waals surface area contributed by atoms with Gasteiger partial charge in [0.25, 0.3) is 0 Å². The molecule has 24 heavy (non-hydrogen) atoms. The molecule has 0 aliphatic carbocycles. The number of alkyl halides is 6. The van der Waals surface area contributed by atoms with Gasteiger partial charge in [0, 0.05) is 5.56 Å². The van der Waals surface area contributed by atoms with E-state index in [2.05, 4.69) is 0 Å². The van der Waals surface area contributed by atoms with Crippen LogP contribution in [0.15, 0.2) is 42.5 Å². The van der Waals surface area contributed by atoms with E-state index in [9.17, 15) is 31.1 Å². The third kappa shape index (κ3) is 4.15. The molecule has 2 aromatic carbocycles. The molecule has 0 bridgehead atoms. The monoisotopic (exact) mass is 364 g/mol. The summed E-state index contributed by atoms with van der Waals surface area (Å²) in [5.74, 6) is 0. The molecule has 0 spiro atoms. The van der Waals surface area contributed by atoms with Gasteiger partial charge in [0.15, 0.2) is 5.52 Å². The Labute approximate surface area is 135 Å². The number of rotatable bonds is 3. The van der Waals surface area contributed by atoms with Crippen LogP contribution in [0.5, 0.6) is 0 Å². The third-order valence-electron chi connectivity index (χ3n) is 3.21. The van der Waals surface area contributed by atoms with Gasteiger partial charge in [-0.25, -0.2) is 0 Å². The second kappa shape index (κ2) is 6.55. The van der Waals surface area contributed by atoms with Crippen molar-refractivity contribution in [3.8, 4) is 0 Å². The molecule has 0 aliphatic rings. The van der Waals surface area contributed by atoms with E-state index in [1.165, 1.54) is 12.1 Å². The van der Waals surface area contributed by atoms with Gasteiger partial charge in [0.2, 0.25) is 0 Å². The van der Waals surface area contributed by atoms with Crippen molar-refractivity contribution in [2.45, 2.75) is 19.3 Å². The molecule has 0 aromatic heterocycles. The van der Waals surface area contributed by atoms with E-state index < -0.39 is 43.1 Å². The van der Waals surface area contributed by atoms with Crippen LogP contribution in [-0.4, -0.2) is 5.52 Å². The van der Waals surface area contributed by atoms with Crippen LogP contribution in [0.2, 0.25) is 0 Å². The molecular formula is C16H11F6OP. The highest BCUT2D eigenvalue weighted by molar-refractivity contribution is 7.66. The summed E-state index contributed by atoms with van der Waals surface area (Å²) < 4.78 is 78.3.